The highest BCUT2D eigenvalue weighted by Crippen LogP contribution is 2.42. The number of hydrogen-bond acceptors (Lipinski definition) is 4. The Morgan fingerprint density at radius 3 is 2.39 bits per heavy atom. The van der Waals surface area contributed by atoms with Crippen molar-refractivity contribution in [2.45, 2.75) is 37.8 Å². The molecule has 2 aromatic carbocycles. The van der Waals surface area contributed by atoms with Gasteiger partial charge in [0.2, 0.25) is 0 Å². The van der Waals surface area contributed by atoms with Crippen molar-refractivity contribution in [1.29, 1.82) is 5.26 Å². The molecule has 0 spiro atoms. The molecule has 1 atom stereocenters. The first-order chi connectivity index (χ1) is 16.0. The Labute approximate surface area is 195 Å². The number of hydrogen-bond donors (Lipinski definition) is 2. The van der Waals surface area contributed by atoms with Gasteiger partial charge in [-0.05, 0) is 36.1 Å². The van der Waals surface area contributed by atoms with E-state index < -0.39 is 5.60 Å². The number of nitriles is 1. The van der Waals surface area contributed by atoms with E-state index in [1.807, 2.05) is 47.4 Å². The number of aliphatic hydroxyl groups is 1. The molecule has 0 bridgehead atoms. The summed E-state index contributed by atoms with van der Waals surface area (Å²) in [6, 6.07) is 18.8. The molecular weight excluding hydrogens is 414 g/mol. The molecule has 1 heterocycles. The standard InChI is InChI=1S/C26H31N5O2/c27-18-20-7-6-8-21(17-20)19-29-25(28)31-15-13-30(14-16-31)24(32)26(33,23-11-4-5-12-23)22-9-2-1-3-10-22/h1-3,6-10,17,23,33H,4-5,11-16,19H2,(H2,28,29). The Morgan fingerprint density at radius 1 is 1.06 bits per heavy atom. The zero-order valence-electron chi connectivity index (χ0n) is 18.9. The second-order valence-electron chi connectivity index (χ2n) is 8.88. The molecule has 1 aliphatic carbocycles. The summed E-state index contributed by atoms with van der Waals surface area (Å²) in [5.74, 6) is 0.170. The molecule has 0 aromatic heterocycles. The SMILES string of the molecule is N#Cc1cccc(CN=C(N)N2CCN(C(=O)C(O)(c3ccccc3)C3CCCC3)CC2)c1. The number of guanidine groups is 1. The highest BCUT2D eigenvalue weighted by molar-refractivity contribution is 5.87. The van der Waals surface area contributed by atoms with Gasteiger partial charge in [-0.2, -0.15) is 5.26 Å². The van der Waals surface area contributed by atoms with E-state index in [1.165, 1.54) is 0 Å². The summed E-state index contributed by atoms with van der Waals surface area (Å²) in [4.78, 5) is 21.8. The van der Waals surface area contributed by atoms with Gasteiger partial charge in [0, 0.05) is 32.1 Å². The van der Waals surface area contributed by atoms with Gasteiger partial charge in [-0.1, -0.05) is 55.3 Å². The average Bonchev–Trinajstić information content (AvgIpc) is 3.43. The van der Waals surface area contributed by atoms with E-state index in [1.54, 1.807) is 17.0 Å². The van der Waals surface area contributed by atoms with E-state index >= 15 is 0 Å². The van der Waals surface area contributed by atoms with Crippen molar-refractivity contribution in [2.75, 3.05) is 26.2 Å². The molecule has 1 amide bonds. The number of benzene rings is 2. The van der Waals surface area contributed by atoms with E-state index in [2.05, 4.69) is 11.1 Å². The maximum absolute atomic E-state index is 13.6. The molecule has 1 saturated heterocycles. The van der Waals surface area contributed by atoms with Gasteiger partial charge >= 0.3 is 0 Å². The summed E-state index contributed by atoms with van der Waals surface area (Å²) >= 11 is 0. The largest absolute Gasteiger partial charge is 0.375 e. The monoisotopic (exact) mass is 445 g/mol. The Morgan fingerprint density at radius 2 is 1.73 bits per heavy atom. The molecule has 33 heavy (non-hydrogen) atoms. The van der Waals surface area contributed by atoms with E-state index in [9.17, 15) is 9.90 Å². The first-order valence-electron chi connectivity index (χ1n) is 11.6. The fourth-order valence-electron chi connectivity index (χ4n) is 4.96. The van der Waals surface area contributed by atoms with Crippen LogP contribution in [0.2, 0.25) is 0 Å². The first-order valence-corrected chi connectivity index (χ1v) is 11.6. The van der Waals surface area contributed by atoms with Gasteiger partial charge < -0.3 is 20.6 Å². The predicted molar refractivity (Wildman–Crippen MR) is 127 cm³/mol. The molecule has 2 aromatic rings. The molecule has 1 unspecified atom stereocenters. The topological polar surface area (TPSA) is 106 Å². The third-order valence-electron chi connectivity index (χ3n) is 6.86. The number of carbonyl (C=O) groups is 1. The second-order valence-corrected chi connectivity index (χ2v) is 8.88. The zero-order chi connectivity index (χ0) is 23.3. The molecular formula is C26H31N5O2. The van der Waals surface area contributed by atoms with E-state index in [0.29, 0.717) is 49.8 Å². The number of rotatable bonds is 5. The molecule has 7 nitrogen and oxygen atoms in total. The Bertz CT molecular complexity index is 1030. The quantitative estimate of drug-likeness (QED) is 0.544. The van der Waals surface area contributed by atoms with Crippen molar-refractivity contribution in [2.24, 2.45) is 16.6 Å². The van der Waals surface area contributed by atoms with Crippen LogP contribution in [0.4, 0.5) is 0 Å². The van der Waals surface area contributed by atoms with Crippen LogP contribution in [0.25, 0.3) is 0 Å². The molecule has 1 aliphatic heterocycles. The molecule has 1 saturated carbocycles. The summed E-state index contributed by atoms with van der Waals surface area (Å²) < 4.78 is 0. The minimum atomic E-state index is -1.48. The van der Waals surface area contributed by atoms with Gasteiger partial charge in [0.1, 0.15) is 0 Å². The van der Waals surface area contributed by atoms with Crippen LogP contribution in [0.1, 0.15) is 42.4 Å². The van der Waals surface area contributed by atoms with Crippen molar-refractivity contribution in [3.8, 4) is 6.07 Å². The van der Waals surface area contributed by atoms with Gasteiger partial charge in [-0.25, -0.2) is 4.99 Å². The molecule has 4 rings (SSSR count). The Balaban J connectivity index is 1.41. The lowest BCUT2D eigenvalue weighted by atomic mass is 9.79. The number of nitrogens with two attached hydrogens (primary N) is 1. The summed E-state index contributed by atoms with van der Waals surface area (Å²) in [6.07, 6.45) is 3.82. The summed E-state index contributed by atoms with van der Waals surface area (Å²) in [5, 5.41) is 20.8. The number of carbonyl (C=O) groups excluding carboxylic acids is 1. The molecule has 7 heteroatoms. The number of piperazine rings is 1. The summed E-state index contributed by atoms with van der Waals surface area (Å²) in [5.41, 5.74) is 6.95. The van der Waals surface area contributed by atoms with E-state index in [-0.39, 0.29) is 11.8 Å². The molecule has 2 fully saturated rings. The van der Waals surface area contributed by atoms with Crippen molar-refractivity contribution in [3.63, 3.8) is 0 Å². The first kappa shape index (κ1) is 22.8. The van der Waals surface area contributed by atoms with Crippen LogP contribution in [0.5, 0.6) is 0 Å². The lowest BCUT2D eigenvalue weighted by Crippen LogP contribution is -2.58. The number of amides is 1. The third-order valence-corrected chi connectivity index (χ3v) is 6.86. The smallest absolute Gasteiger partial charge is 0.259 e. The lowest BCUT2D eigenvalue weighted by Gasteiger charge is -2.41. The van der Waals surface area contributed by atoms with Gasteiger partial charge in [0.25, 0.3) is 5.91 Å². The summed E-state index contributed by atoms with van der Waals surface area (Å²) in [7, 11) is 0. The van der Waals surface area contributed by atoms with Gasteiger partial charge in [0.05, 0.1) is 18.2 Å². The highest BCUT2D eigenvalue weighted by atomic mass is 16.3. The molecule has 2 aliphatic rings. The van der Waals surface area contributed by atoms with Crippen LogP contribution in [0.15, 0.2) is 59.6 Å². The Kier molecular flexibility index (Phi) is 6.95. The van der Waals surface area contributed by atoms with Crippen LogP contribution < -0.4 is 5.73 Å². The maximum Gasteiger partial charge on any atom is 0.259 e. The number of nitrogens with zero attached hydrogens (tertiary/aromatic N) is 4. The van der Waals surface area contributed by atoms with Crippen molar-refractivity contribution in [1.82, 2.24) is 9.80 Å². The normalized spacial score (nSPS) is 19.2. The molecule has 0 radical (unpaired) electrons. The van der Waals surface area contributed by atoms with Crippen LogP contribution in [-0.4, -0.2) is 53.0 Å². The van der Waals surface area contributed by atoms with Crippen LogP contribution >= 0.6 is 0 Å². The van der Waals surface area contributed by atoms with E-state index in [4.69, 9.17) is 11.0 Å². The molecule has 172 valence electrons. The minimum absolute atomic E-state index is 0.0544. The summed E-state index contributed by atoms with van der Waals surface area (Å²) in [6.45, 7) is 2.50. The Hall–Kier alpha value is -3.37. The van der Waals surface area contributed by atoms with Gasteiger partial charge in [0.15, 0.2) is 11.6 Å². The fourth-order valence-corrected chi connectivity index (χ4v) is 4.96. The highest BCUT2D eigenvalue weighted by Gasteiger charge is 2.48. The molecule has 3 N–H and O–H groups in total. The predicted octanol–water partition coefficient (Wildman–Crippen LogP) is 2.60. The van der Waals surface area contributed by atoms with Gasteiger partial charge in [-0.15, -0.1) is 0 Å². The zero-order valence-corrected chi connectivity index (χ0v) is 18.9. The minimum Gasteiger partial charge on any atom is -0.375 e. The third kappa shape index (κ3) is 4.86. The van der Waals surface area contributed by atoms with Crippen LogP contribution in [0, 0.1) is 17.2 Å². The fraction of sp³-hybridized carbons (Fsp3) is 0.423. The average molecular weight is 446 g/mol. The van der Waals surface area contributed by atoms with Crippen LogP contribution in [0.3, 0.4) is 0 Å². The van der Waals surface area contributed by atoms with Gasteiger partial charge in [-0.3, -0.25) is 4.79 Å². The van der Waals surface area contributed by atoms with E-state index in [0.717, 1.165) is 31.2 Å². The van der Waals surface area contributed by atoms with Crippen molar-refractivity contribution < 1.29 is 9.90 Å². The lowest BCUT2D eigenvalue weighted by molar-refractivity contribution is -0.160. The second kappa shape index (κ2) is 10.1. The van der Waals surface area contributed by atoms with Crippen LogP contribution in [-0.2, 0) is 16.9 Å². The van der Waals surface area contributed by atoms with Crippen molar-refractivity contribution >= 4 is 11.9 Å². The number of aliphatic imine (C=N–C) groups is 1. The maximum atomic E-state index is 13.6. The van der Waals surface area contributed by atoms with Crippen molar-refractivity contribution in [3.05, 3.63) is 71.3 Å².